The first-order valence-electron chi connectivity index (χ1n) is 7.30. The van der Waals surface area contributed by atoms with Crippen LogP contribution in [-0.2, 0) is 23.1 Å². The minimum Gasteiger partial charge on any atom is -0.352 e. The SMILES string of the molecule is CN=C(NCc1cccc(S(N)(=O)=O)c1)NCc1cc(F)ccc1F.I. The Hall–Kier alpha value is -1.79. The number of halogens is 3. The van der Waals surface area contributed by atoms with Crippen molar-refractivity contribution in [2.45, 2.75) is 18.0 Å². The lowest BCUT2D eigenvalue weighted by Gasteiger charge is -2.13. The predicted octanol–water partition coefficient (Wildman–Crippen LogP) is 2.10. The molecule has 0 fully saturated rings. The standard InChI is InChI=1S/C16H18F2N4O2S.HI/c1-20-16(22-10-12-8-13(17)5-6-15(12)18)21-9-11-3-2-4-14(7-11)25(19,23)24;/h2-8H,9-10H2,1H3,(H2,19,23,24)(H2,20,21,22);1H. The number of nitrogens with two attached hydrogens (primary N) is 1. The number of benzene rings is 2. The molecule has 2 aromatic carbocycles. The smallest absolute Gasteiger partial charge is 0.238 e. The molecule has 0 heterocycles. The highest BCUT2D eigenvalue weighted by Crippen LogP contribution is 2.10. The predicted molar refractivity (Wildman–Crippen MR) is 107 cm³/mol. The van der Waals surface area contributed by atoms with E-state index in [0.717, 1.165) is 18.2 Å². The van der Waals surface area contributed by atoms with Crippen LogP contribution in [-0.4, -0.2) is 21.4 Å². The fourth-order valence-electron chi connectivity index (χ4n) is 2.10. The van der Waals surface area contributed by atoms with Crippen LogP contribution in [0.4, 0.5) is 8.78 Å². The number of hydrogen-bond donors (Lipinski definition) is 3. The lowest BCUT2D eigenvalue weighted by Crippen LogP contribution is -2.36. The molecule has 0 amide bonds. The summed E-state index contributed by atoms with van der Waals surface area (Å²) >= 11 is 0. The molecule has 10 heteroatoms. The first kappa shape index (κ1) is 22.3. The van der Waals surface area contributed by atoms with Crippen molar-refractivity contribution in [3.63, 3.8) is 0 Å². The third kappa shape index (κ3) is 6.50. The van der Waals surface area contributed by atoms with Crippen molar-refractivity contribution >= 4 is 40.0 Å². The Morgan fingerprint density at radius 1 is 1.12 bits per heavy atom. The minimum atomic E-state index is -3.78. The van der Waals surface area contributed by atoms with Gasteiger partial charge in [-0.1, -0.05) is 12.1 Å². The zero-order chi connectivity index (χ0) is 18.4. The van der Waals surface area contributed by atoms with Crippen LogP contribution >= 0.6 is 24.0 Å². The van der Waals surface area contributed by atoms with E-state index in [1.54, 1.807) is 12.1 Å². The topological polar surface area (TPSA) is 96.6 Å². The average Bonchev–Trinajstić information content (AvgIpc) is 2.57. The van der Waals surface area contributed by atoms with Gasteiger partial charge >= 0.3 is 0 Å². The maximum atomic E-state index is 13.6. The Balaban J connectivity index is 0.00000338. The molecule has 0 spiro atoms. The van der Waals surface area contributed by atoms with Crippen LogP contribution in [0.5, 0.6) is 0 Å². The number of primary sulfonamides is 1. The number of nitrogens with one attached hydrogen (secondary N) is 2. The molecule has 2 rings (SSSR count). The summed E-state index contributed by atoms with van der Waals surface area (Å²) in [5.41, 5.74) is 0.839. The van der Waals surface area contributed by atoms with E-state index in [9.17, 15) is 17.2 Å². The van der Waals surface area contributed by atoms with Gasteiger partial charge in [-0.2, -0.15) is 0 Å². The molecule has 0 aliphatic rings. The molecular weight excluding hydrogens is 477 g/mol. The molecule has 0 radical (unpaired) electrons. The van der Waals surface area contributed by atoms with E-state index < -0.39 is 21.7 Å². The first-order valence-corrected chi connectivity index (χ1v) is 8.84. The Bertz CT molecular complexity index is 892. The summed E-state index contributed by atoms with van der Waals surface area (Å²) in [6, 6.07) is 9.35. The van der Waals surface area contributed by atoms with E-state index in [0.29, 0.717) is 11.5 Å². The van der Waals surface area contributed by atoms with Crippen molar-refractivity contribution in [3.8, 4) is 0 Å². The number of rotatable bonds is 5. The van der Waals surface area contributed by atoms with Crippen LogP contribution in [0.2, 0.25) is 0 Å². The summed E-state index contributed by atoms with van der Waals surface area (Å²) in [6.45, 7) is 0.315. The van der Waals surface area contributed by atoms with E-state index >= 15 is 0 Å². The summed E-state index contributed by atoms with van der Waals surface area (Å²) in [6.07, 6.45) is 0. The lowest BCUT2D eigenvalue weighted by molar-refractivity contribution is 0.581. The Labute approximate surface area is 168 Å². The molecule has 6 nitrogen and oxygen atoms in total. The fourth-order valence-corrected chi connectivity index (χ4v) is 2.68. The van der Waals surface area contributed by atoms with E-state index in [-0.39, 0.29) is 47.5 Å². The Morgan fingerprint density at radius 2 is 1.81 bits per heavy atom. The molecule has 0 aromatic heterocycles. The van der Waals surface area contributed by atoms with E-state index in [1.165, 1.54) is 19.2 Å². The van der Waals surface area contributed by atoms with Crippen molar-refractivity contribution in [1.29, 1.82) is 0 Å². The van der Waals surface area contributed by atoms with Crippen molar-refractivity contribution in [2.24, 2.45) is 10.1 Å². The van der Waals surface area contributed by atoms with Crippen LogP contribution in [0, 0.1) is 11.6 Å². The van der Waals surface area contributed by atoms with Gasteiger partial charge in [0.25, 0.3) is 0 Å². The zero-order valence-electron chi connectivity index (χ0n) is 13.9. The monoisotopic (exact) mass is 496 g/mol. The zero-order valence-corrected chi connectivity index (χ0v) is 17.0. The van der Waals surface area contributed by atoms with Gasteiger partial charge in [-0.15, -0.1) is 24.0 Å². The second-order valence-electron chi connectivity index (χ2n) is 5.21. The van der Waals surface area contributed by atoms with Gasteiger partial charge in [0.05, 0.1) is 4.90 Å². The lowest BCUT2D eigenvalue weighted by atomic mass is 10.2. The highest BCUT2D eigenvalue weighted by Gasteiger charge is 2.09. The molecule has 4 N–H and O–H groups in total. The molecular formula is C16H19F2IN4O2S. The van der Waals surface area contributed by atoms with Gasteiger partial charge in [-0.3, -0.25) is 4.99 Å². The molecule has 26 heavy (non-hydrogen) atoms. The molecule has 0 aliphatic carbocycles. The Kier molecular flexibility index (Phi) is 8.37. The van der Waals surface area contributed by atoms with Crippen LogP contribution in [0.15, 0.2) is 52.4 Å². The number of sulfonamides is 1. The van der Waals surface area contributed by atoms with Crippen LogP contribution in [0.3, 0.4) is 0 Å². The van der Waals surface area contributed by atoms with E-state index in [1.807, 2.05) is 0 Å². The molecule has 2 aromatic rings. The largest absolute Gasteiger partial charge is 0.352 e. The summed E-state index contributed by atoms with van der Waals surface area (Å²) in [4.78, 5) is 3.99. The van der Waals surface area contributed by atoms with Gasteiger partial charge in [0.15, 0.2) is 5.96 Å². The van der Waals surface area contributed by atoms with Crippen molar-refractivity contribution in [2.75, 3.05) is 7.05 Å². The number of nitrogens with zero attached hydrogens (tertiary/aromatic N) is 1. The molecule has 0 saturated carbocycles. The molecule has 0 saturated heterocycles. The van der Waals surface area contributed by atoms with Gasteiger partial charge < -0.3 is 10.6 Å². The highest BCUT2D eigenvalue weighted by molar-refractivity contribution is 14.0. The number of guanidine groups is 1. The third-order valence-electron chi connectivity index (χ3n) is 3.36. The van der Waals surface area contributed by atoms with E-state index in [4.69, 9.17) is 5.14 Å². The van der Waals surface area contributed by atoms with E-state index in [2.05, 4.69) is 15.6 Å². The second-order valence-corrected chi connectivity index (χ2v) is 6.77. The van der Waals surface area contributed by atoms with Crippen molar-refractivity contribution < 1.29 is 17.2 Å². The van der Waals surface area contributed by atoms with Gasteiger partial charge in [-0.25, -0.2) is 22.3 Å². The number of aliphatic imine (C=N–C) groups is 1. The second kappa shape index (κ2) is 9.78. The summed E-state index contributed by atoms with van der Waals surface area (Å²) in [7, 11) is -2.25. The van der Waals surface area contributed by atoms with Gasteiger partial charge in [0, 0.05) is 25.7 Å². The molecule has 142 valence electrons. The van der Waals surface area contributed by atoms with Crippen molar-refractivity contribution in [1.82, 2.24) is 10.6 Å². The average molecular weight is 496 g/mol. The Morgan fingerprint density at radius 3 is 2.46 bits per heavy atom. The first-order chi connectivity index (χ1) is 11.8. The van der Waals surface area contributed by atoms with Crippen LogP contribution in [0.1, 0.15) is 11.1 Å². The normalized spacial score (nSPS) is 11.6. The summed E-state index contributed by atoms with van der Waals surface area (Å²) in [5, 5.41) is 10.9. The summed E-state index contributed by atoms with van der Waals surface area (Å²) < 4.78 is 49.5. The minimum absolute atomic E-state index is 0. The highest BCUT2D eigenvalue weighted by atomic mass is 127. The molecule has 0 unspecified atom stereocenters. The maximum absolute atomic E-state index is 13.6. The van der Waals surface area contributed by atoms with Crippen molar-refractivity contribution in [3.05, 3.63) is 65.2 Å². The van der Waals surface area contributed by atoms with Crippen LogP contribution < -0.4 is 15.8 Å². The quantitative estimate of drug-likeness (QED) is 0.336. The maximum Gasteiger partial charge on any atom is 0.238 e. The van der Waals surface area contributed by atoms with Gasteiger partial charge in [0.2, 0.25) is 10.0 Å². The third-order valence-corrected chi connectivity index (χ3v) is 4.28. The molecule has 0 bridgehead atoms. The summed E-state index contributed by atoms with van der Waals surface area (Å²) in [5.74, 6) is -0.698. The number of hydrogen-bond acceptors (Lipinski definition) is 3. The van der Waals surface area contributed by atoms with Gasteiger partial charge in [-0.05, 0) is 35.9 Å². The van der Waals surface area contributed by atoms with Gasteiger partial charge in [0.1, 0.15) is 11.6 Å². The molecule has 0 atom stereocenters. The fraction of sp³-hybridized carbons (Fsp3) is 0.188. The van der Waals surface area contributed by atoms with Crippen LogP contribution in [0.25, 0.3) is 0 Å². The molecule has 0 aliphatic heterocycles.